The normalized spacial score (nSPS) is 10.4. The Morgan fingerprint density at radius 1 is 0.528 bits per heavy atom. The van der Waals surface area contributed by atoms with E-state index in [0.29, 0.717) is 22.5 Å². The highest BCUT2D eigenvalue weighted by Crippen LogP contribution is 2.31. The van der Waals surface area contributed by atoms with Crippen molar-refractivity contribution in [3.63, 3.8) is 0 Å². The summed E-state index contributed by atoms with van der Waals surface area (Å²) in [6, 6.07) is 28.8. The standard InChI is InChI=1S/C29H24N2O5/c32-27(33)14-19-6-10-21(11-7-19)23-16-24(22-12-8-20(9-13-22)15-28(34)35)18-26(17-23)31-29(36)30-25-4-2-1-3-5-25/h1-13,16-18H,14-15H2,(H,32,33)(H,34,35)(H2,30,31,36). The van der Waals surface area contributed by atoms with Crippen LogP contribution in [0.5, 0.6) is 0 Å². The summed E-state index contributed by atoms with van der Waals surface area (Å²) in [5, 5.41) is 23.7. The van der Waals surface area contributed by atoms with Crippen LogP contribution in [-0.4, -0.2) is 28.2 Å². The molecule has 0 fully saturated rings. The highest BCUT2D eigenvalue weighted by molar-refractivity contribution is 6.00. The van der Waals surface area contributed by atoms with Crippen LogP contribution < -0.4 is 10.6 Å². The third kappa shape index (κ3) is 6.57. The first-order valence-corrected chi connectivity index (χ1v) is 11.3. The number of amides is 2. The monoisotopic (exact) mass is 480 g/mol. The summed E-state index contributed by atoms with van der Waals surface area (Å²) in [6.45, 7) is 0. The Labute approximate surface area is 208 Å². The minimum Gasteiger partial charge on any atom is -0.481 e. The second kappa shape index (κ2) is 11.0. The zero-order valence-corrected chi connectivity index (χ0v) is 19.3. The molecule has 0 bridgehead atoms. The molecule has 0 spiro atoms. The number of carboxylic acids is 2. The van der Waals surface area contributed by atoms with Crippen molar-refractivity contribution >= 4 is 29.3 Å². The molecular formula is C29H24N2O5. The Morgan fingerprint density at radius 3 is 1.42 bits per heavy atom. The van der Waals surface area contributed by atoms with Crippen molar-refractivity contribution in [1.29, 1.82) is 0 Å². The molecule has 36 heavy (non-hydrogen) atoms. The maximum atomic E-state index is 12.6. The van der Waals surface area contributed by atoms with Gasteiger partial charge < -0.3 is 20.8 Å². The number of carbonyl (C=O) groups is 3. The van der Waals surface area contributed by atoms with E-state index in [4.69, 9.17) is 10.2 Å². The van der Waals surface area contributed by atoms with Crippen LogP contribution in [-0.2, 0) is 22.4 Å². The molecule has 0 aliphatic carbocycles. The number of rotatable bonds is 8. The van der Waals surface area contributed by atoms with Gasteiger partial charge in [-0.05, 0) is 63.7 Å². The average molecular weight is 481 g/mol. The summed E-state index contributed by atoms with van der Waals surface area (Å²) in [7, 11) is 0. The summed E-state index contributed by atoms with van der Waals surface area (Å²) < 4.78 is 0. The van der Waals surface area contributed by atoms with Crippen LogP contribution in [0.25, 0.3) is 22.3 Å². The van der Waals surface area contributed by atoms with E-state index in [1.165, 1.54) is 0 Å². The van der Waals surface area contributed by atoms with Crippen molar-refractivity contribution in [3.8, 4) is 22.3 Å². The van der Waals surface area contributed by atoms with E-state index >= 15 is 0 Å². The van der Waals surface area contributed by atoms with Gasteiger partial charge in [0.1, 0.15) is 0 Å². The molecule has 0 unspecified atom stereocenters. The minimum absolute atomic E-state index is 0.0600. The van der Waals surface area contributed by atoms with Crippen LogP contribution in [0, 0.1) is 0 Å². The van der Waals surface area contributed by atoms with Gasteiger partial charge in [0.15, 0.2) is 0 Å². The van der Waals surface area contributed by atoms with E-state index in [0.717, 1.165) is 22.3 Å². The first-order valence-electron chi connectivity index (χ1n) is 11.3. The summed E-state index contributed by atoms with van der Waals surface area (Å²) in [4.78, 5) is 34.7. The molecule has 180 valence electrons. The molecule has 0 heterocycles. The van der Waals surface area contributed by atoms with Crippen molar-refractivity contribution in [2.24, 2.45) is 0 Å². The fraction of sp³-hybridized carbons (Fsp3) is 0.0690. The number of hydrogen-bond acceptors (Lipinski definition) is 3. The van der Waals surface area contributed by atoms with Gasteiger partial charge in [0.2, 0.25) is 0 Å². The summed E-state index contributed by atoms with van der Waals surface area (Å²) in [5.41, 5.74) is 6.00. The predicted octanol–water partition coefficient (Wildman–Crippen LogP) is 5.92. The van der Waals surface area contributed by atoms with Crippen molar-refractivity contribution < 1.29 is 24.6 Å². The van der Waals surface area contributed by atoms with Gasteiger partial charge in [-0.1, -0.05) is 66.7 Å². The number of urea groups is 1. The molecule has 0 saturated heterocycles. The largest absolute Gasteiger partial charge is 0.481 e. The average Bonchev–Trinajstić information content (AvgIpc) is 2.84. The molecule has 7 nitrogen and oxygen atoms in total. The highest BCUT2D eigenvalue weighted by atomic mass is 16.4. The SMILES string of the molecule is O=C(O)Cc1ccc(-c2cc(NC(=O)Nc3ccccc3)cc(-c3ccc(CC(=O)O)cc3)c2)cc1. The van der Waals surface area contributed by atoms with Gasteiger partial charge in [0, 0.05) is 11.4 Å². The highest BCUT2D eigenvalue weighted by Gasteiger charge is 2.10. The molecule has 2 amide bonds. The van der Waals surface area contributed by atoms with Gasteiger partial charge in [-0.25, -0.2) is 4.79 Å². The number of anilines is 2. The Balaban J connectivity index is 1.66. The lowest BCUT2D eigenvalue weighted by Crippen LogP contribution is -2.19. The molecule has 0 saturated carbocycles. The first kappa shape index (κ1) is 24.2. The quantitative estimate of drug-likeness (QED) is 0.250. The molecule has 0 aromatic heterocycles. The maximum Gasteiger partial charge on any atom is 0.323 e. The lowest BCUT2D eigenvalue weighted by atomic mass is 9.96. The maximum absolute atomic E-state index is 12.6. The molecule has 4 rings (SSSR count). The zero-order valence-electron chi connectivity index (χ0n) is 19.3. The lowest BCUT2D eigenvalue weighted by molar-refractivity contribution is -0.137. The third-order valence-corrected chi connectivity index (χ3v) is 5.51. The summed E-state index contributed by atoms with van der Waals surface area (Å²) >= 11 is 0. The number of aliphatic carboxylic acids is 2. The first-order chi connectivity index (χ1) is 17.4. The predicted molar refractivity (Wildman–Crippen MR) is 139 cm³/mol. The van der Waals surface area contributed by atoms with Gasteiger partial charge in [0.05, 0.1) is 12.8 Å². The molecule has 0 aliphatic rings. The van der Waals surface area contributed by atoms with Gasteiger partial charge in [-0.2, -0.15) is 0 Å². The zero-order chi connectivity index (χ0) is 25.5. The topological polar surface area (TPSA) is 116 Å². The van der Waals surface area contributed by atoms with E-state index in [1.54, 1.807) is 36.4 Å². The molecule has 0 aliphatic heterocycles. The van der Waals surface area contributed by atoms with Gasteiger partial charge in [0.25, 0.3) is 0 Å². The lowest BCUT2D eigenvalue weighted by Gasteiger charge is -2.13. The Hall–Kier alpha value is -4.91. The van der Waals surface area contributed by atoms with Crippen LogP contribution in [0.3, 0.4) is 0 Å². The van der Waals surface area contributed by atoms with Crippen LogP contribution in [0.15, 0.2) is 97.1 Å². The minimum atomic E-state index is -0.896. The van der Waals surface area contributed by atoms with E-state index in [-0.39, 0.29) is 12.8 Å². The number of nitrogens with one attached hydrogen (secondary N) is 2. The van der Waals surface area contributed by atoms with E-state index in [1.807, 2.05) is 60.7 Å². The molecular weight excluding hydrogens is 456 g/mol. The van der Waals surface area contributed by atoms with E-state index in [9.17, 15) is 14.4 Å². The number of hydrogen-bond donors (Lipinski definition) is 4. The second-order valence-electron chi connectivity index (χ2n) is 8.28. The molecule has 0 atom stereocenters. The van der Waals surface area contributed by atoms with Crippen molar-refractivity contribution in [2.45, 2.75) is 12.8 Å². The van der Waals surface area contributed by atoms with Crippen LogP contribution in [0.4, 0.5) is 16.2 Å². The second-order valence-corrected chi connectivity index (χ2v) is 8.28. The van der Waals surface area contributed by atoms with Crippen molar-refractivity contribution in [2.75, 3.05) is 10.6 Å². The van der Waals surface area contributed by atoms with E-state index < -0.39 is 18.0 Å². The molecule has 7 heteroatoms. The van der Waals surface area contributed by atoms with Crippen molar-refractivity contribution in [1.82, 2.24) is 0 Å². The Kier molecular flexibility index (Phi) is 7.41. The van der Waals surface area contributed by atoms with Crippen LogP contribution in [0.2, 0.25) is 0 Å². The van der Waals surface area contributed by atoms with E-state index in [2.05, 4.69) is 10.6 Å². The van der Waals surface area contributed by atoms with Crippen LogP contribution in [0.1, 0.15) is 11.1 Å². The number of benzene rings is 4. The van der Waals surface area contributed by atoms with Crippen molar-refractivity contribution in [3.05, 3.63) is 108 Å². The van der Waals surface area contributed by atoms with Gasteiger partial charge in [-0.3, -0.25) is 9.59 Å². The Bertz CT molecular complexity index is 1300. The third-order valence-electron chi connectivity index (χ3n) is 5.51. The number of para-hydroxylation sites is 1. The Morgan fingerprint density at radius 2 is 0.972 bits per heavy atom. The van der Waals surface area contributed by atoms with Gasteiger partial charge >= 0.3 is 18.0 Å². The number of carbonyl (C=O) groups excluding carboxylic acids is 1. The molecule has 4 N–H and O–H groups in total. The number of carboxylic acid groups (broad SMARTS) is 2. The van der Waals surface area contributed by atoms with Gasteiger partial charge in [-0.15, -0.1) is 0 Å². The summed E-state index contributed by atoms with van der Waals surface area (Å²) in [5.74, 6) is -1.79. The molecule has 4 aromatic carbocycles. The smallest absolute Gasteiger partial charge is 0.323 e. The van der Waals surface area contributed by atoms with Crippen LogP contribution >= 0.6 is 0 Å². The fourth-order valence-corrected chi connectivity index (χ4v) is 3.83. The fourth-order valence-electron chi connectivity index (χ4n) is 3.83. The molecule has 4 aromatic rings. The molecule has 0 radical (unpaired) electrons. The summed E-state index contributed by atoms with van der Waals surface area (Å²) in [6.07, 6.45) is -0.120.